The number of aromatic nitrogens is 4. The number of piperazine rings is 1. The number of aryl methyl sites for hydroxylation is 1. The smallest absolute Gasteiger partial charge is 0.234 e. The van der Waals surface area contributed by atoms with Gasteiger partial charge in [0.25, 0.3) is 0 Å². The molecular weight excluding hydrogens is 959 g/mol. The van der Waals surface area contributed by atoms with E-state index in [-0.39, 0.29) is 30.2 Å². The highest BCUT2D eigenvalue weighted by Crippen LogP contribution is 2.42. The number of rotatable bonds is 12. The molecule has 16 nitrogen and oxygen atoms in total. The third kappa shape index (κ3) is 9.74. The summed E-state index contributed by atoms with van der Waals surface area (Å²) in [5.74, 6) is -2.55. The normalized spacial score (nSPS) is 19.7. The third-order valence-corrected chi connectivity index (χ3v) is 15.9. The molecule has 20 heteroatoms. The molecule has 3 amide bonds. The number of fused-ring (bicyclic) bond motifs is 1. The Morgan fingerprint density at radius 3 is 2.34 bits per heavy atom. The van der Waals surface area contributed by atoms with Crippen molar-refractivity contribution in [3.63, 3.8) is 0 Å². The topological polar surface area (TPSA) is 178 Å². The highest BCUT2D eigenvalue weighted by atomic mass is 79.9. The molecule has 4 saturated heterocycles. The maximum absolute atomic E-state index is 15.3. The average molecular weight is 1010 g/mol. The summed E-state index contributed by atoms with van der Waals surface area (Å²) in [6.45, 7) is 11.0. The predicted octanol–water partition coefficient (Wildman–Crippen LogP) is 6.93. The summed E-state index contributed by atoms with van der Waals surface area (Å²) in [6, 6.07) is 10.8. The Kier molecular flexibility index (Phi) is 13.7. The van der Waals surface area contributed by atoms with Gasteiger partial charge in [0.05, 0.1) is 40.3 Å². The van der Waals surface area contributed by atoms with Crippen molar-refractivity contribution in [2.45, 2.75) is 57.4 Å². The van der Waals surface area contributed by atoms with Crippen LogP contribution < -0.4 is 35.8 Å². The van der Waals surface area contributed by atoms with E-state index >= 15 is 8.78 Å². The Morgan fingerprint density at radius 2 is 1.65 bits per heavy atom. The highest BCUT2D eigenvalue weighted by molar-refractivity contribution is 9.10. The van der Waals surface area contributed by atoms with Crippen molar-refractivity contribution in [1.82, 2.24) is 35.1 Å². The van der Waals surface area contributed by atoms with E-state index in [1.807, 2.05) is 21.9 Å². The lowest BCUT2D eigenvalue weighted by atomic mass is 9.89. The number of piperidine rings is 2. The van der Waals surface area contributed by atoms with Crippen molar-refractivity contribution in [3.05, 3.63) is 82.4 Å². The third-order valence-electron chi connectivity index (χ3n) is 13.7. The summed E-state index contributed by atoms with van der Waals surface area (Å²) in [7, 11) is -1.12. The minimum atomic E-state index is -2.77. The molecule has 4 fully saturated rings. The van der Waals surface area contributed by atoms with E-state index in [2.05, 4.69) is 75.7 Å². The van der Waals surface area contributed by atoms with Crippen LogP contribution in [0.3, 0.4) is 0 Å². The number of ether oxygens (including phenoxy) is 1. The largest absolute Gasteiger partial charge is 0.494 e. The number of amides is 3. The van der Waals surface area contributed by atoms with E-state index in [4.69, 9.17) is 9.72 Å². The van der Waals surface area contributed by atoms with Crippen LogP contribution in [0.2, 0.25) is 0 Å². The molecule has 0 bridgehead atoms. The van der Waals surface area contributed by atoms with E-state index in [1.165, 1.54) is 18.5 Å². The minimum Gasteiger partial charge on any atom is -0.494 e. The molecule has 3 N–H and O–H groups in total. The number of hydrogen-bond acceptors (Lipinski definition) is 14. The molecule has 4 aliphatic heterocycles. The Balaban J connectivity index is 0.793. The monoisotopic (exact) mass is 1010 g/mol. The molecule has 0 radical (unpaired) electrons. The number of imide groups is 1. The Morgan fingerprint density at radius 1 is 0.912 bits per heavy atom. The second-order valence-electron chi connectivity index (χ2n) is 18.3. The lowest BCUT2D eigenvalue weighted by molar-refractivity contribution is -0.137. The number of anilines is 6. The maximum atomic E-state index is 15.3. The number of methoxy groups -OCH3 is 1. The second kappa shape index (κ2) is 19.7. The molecule has 0 aliphatic carbocycles. The van der Waals surface area contributed by atoms with Crippen LogP contribution in [0.5, 0.6) is 5.75 Å². The fourth-order valence-corrected chi connectivity index (χ4v) is 12.0. The van der Waals surface area contributed by atoms with Gasteiger partial charge in [-0.2, -0.15) is 4.98 Å². The molecule has 68 heavy (non-hydrogen) atoms. The van der Waals surface area contributed by atoms with Gasteiger partial charge in [0, 0.05) is 111 Å². The molecule has 6 heterocycles. The standard InChI is InChI=1S/C48H55BrF2N11O5P/c1-5-28-20-39(56-48-53-25-34(49)45(58-48)55-38-8-7-37-33(24-52-27-54-37)44(38)68(3,4)66)41(67-2)23-40(28)60-14-11-30(12-15-60)59-16-18-61(19-17-59)47(65)29-10-13-62(26-29)31-21-35(50)43(36(51)22-31)32-6-9-42(63)57-46(32)64/h7-8,20-25,27,29-30,32H,5-6,9-19,26H2,1-4H3,(H,57,63,64)(H2,53,55,56,58). The van der Waals surface area contributed by atoms with Gasteiger partial charge in [0.1, 0.15) is 36.7 Å². The summed E-state index contributed by atoms with van der Waals surface area (Å²) in [5, 5.41) is 10.3. The van der Waals surface area contributed by atoms with Gasteiger partial charge in [-0.3, -0.25) is 24.6 Å². The predicted molar refractivity (Wildman–Crippen MR) is 262 cm³/mol. The summed E-state index contributed by atoms with van der Waals surface area (Å²) in [6.07, 6.45) is 8.24. The lowest BCUT2D eigenvalue weighted by Crippen LogP contribution is -2.55. The molecule has 5 aromatic rings. The zero-order valence-electron chi connectivity index (χ0n) is 38.5. The first-order valence-corrected chi connectivity index (χ1v) is 26.5. The first kappa shape index (κ1) is 47.3. The van der Waals surface area contributed by atoms with Crippen LogP contribution in [0.1, 0.15) is 56.1 Å². The van der Waals surface area contributed by atoms with Crippen LogP contribution in [0, 0.1) is 17.6 Å². The van der Waals surface area contributed by atoms with Crippen LogP contribution in [0.25, 0.3) is 10.9 Å². The van der Waals surface area contributed by atoms with Gasteiger partial charge in [0.15, 0.2) is 0 Å². The molecule has 0 saturated carbocycles. The van der Waals surface area contributed by atoms with Gasteiger partial charge < -0.3 is 34.6 Å². The van der Waals surface area contributed by atoms with Crippen molar-refractivity contribution < 1.29 is 32.5 Å². The van der Waals surface area contributed by atoms with Crippen LogP contribution >= 0.6 is 23.1 Å². The van der Waals surface area contributed by atoms with Crippen molar-refractivity contribution >= 4 is 91.5 Å². The maximum Gasteiger partial charge on any atom is 0.234 e. The van der Waals surface area contributed by atoms with Crippen LogP contribution in [0.15, 0.2) is 59.6 Å². The summed E-state index contributed by atoms with van der Waals surface area (Å²) in [5.41, 5.74) is 4.38. The van der Waals surface area contributed by atoms with Gasteiger partial charge >= 0.3 is 0 Å². The number of benzene rings is 3. The molecule has 9 rings (SSSR count). The zero-order valence-corrected chi connectivity index (χ0v) is 41.0. The van der Waals surface area contributed by atoms with Crippen molar-refractivity contribution in [2.24, 2.45) is 5.92 Å². The Hall–Kier alpha value is -5.78. The van der Waals surface area contributed by atoms with Crippen molar-refractivity contribution in [3.8, 4) is 5.75 Å². The fraction of sp³-hybridized carbons (Fsp3) is 0.438. The fourth-order valence-electron chi connectivity index (χ4n) is 10.2. The Labute approximate surface area is 402 Å². The first-order chi connectivity index (χ1) is 32.7. The van der Waals surface area contributed by atoms with Gasteiger partial charge in [-0.1, -0.05) is 6.92 Å². The lowest BCUT2D eigenvalue weighted by Gasteiger charge is -2.44. The summed E-state index contributed by atoms with van der Waals surface area (Å²) in [4.78, 5) is 64.2. The molecule has 3 aromatic carbocycles. The molecule has 0 spiro atoms. The van der Waals surface area contributed by atoms with Crippen molar-refractivity contribution in [1.29, 1.82) is 0 Å². The SMILES string of the molecule is CCc1cc(Nc2ncc(Br)c(Nc3ccc4ncncc4c3P(C)(C)=O)n2)c(OC)cc1N1CCC(N2CCN(C(=O)C3CCN(c4cc(F)c(C5CCC(=O)NC5=O)c(F)c4)C3)CC2)CC1. The van der Waals surface area contributed by atoms with Gasteiger partial charge in [-0.15, -0.1) is 0 Å². The van der Waals surface area contributed by atoms with E-state index < -0.39 is 36.5 Å². The molecule has 2 aromatic heterocycles. The number of carbonyl (C=O) groups excluding carboxylic acids is 3. The highest BCUT2D eigenvalue weighted by Gasteiger charge is 2.37. The van der Waals surface area contributed by atoms with Crippen molar-refractivity contribution in [2.75, 3.05) is 93.2 Å². The molecule has 2 atom stereocenters. The quantitative estimate of drug-likeness (QED) is 0.0866. The average Bonchev–Trinajstić information content (AvgIpc) is 3.83. The second-order valence-corrected chi connectivity index (χ2v) is 22.3. The summed E-state index contributed by atoms with van der Waals surface area (Å²) < 4.78 is 50.7. The first-order valence-electron chi connectivity index (χ1n) is 23.1. The molecule has 2 unspecified atom stereocenters. The van der Waals surface area contributed by atoms with Crippen LogP contribution in [0.4, 0.5) is 43.3 Å². The number of halogens is 3. The molecule has 4 aliphatic rings. The number of carbonyl (C=O) groups is 3. The van der Waals surface area contributed by atoms with Crippen LogP contribution in [-0.2, 0) is 25.4 Å². The molecule has 358 valence electrons. The number of nitrogens with zero attached hydrogens (tertiary/aromatic N) is 8. The zero-order chi connectivity index (χ0) is 47.9. The van der Waals surface area contributed by atoms with E-state index in [0.717, 1.165) is 67.8 Å². The van der Waals surface area contributed by atoms with Crippen LogP contribution in [-0.4, -0.2) is 126 Å². The molecular formula is C48H55BrF2N11O5P. The van der Waals surface area contributed by atoms with Gasteiger partial charge in [-0.05, 0) is 97.3 Å². The number of hydrogen-bond donors (Lipinski definition) is 3. The summed E-state index contributed by atoms with van der Waals surface area (Å²) >= 11 is 3.59. The Bertz CT molecular complexity index is 2800. The number of nitrogens with one attached hydrogen (secondary N) is 3. The van der Waals surface area contributed by atoms with E-state index in [1.54, 1.807) is 32.8 Å². The van der Waals surface area contributed by atoms with E-state index in [9.17, 15) is 18.9 Å². The van der Waals surface area contributed by atoms with E-state index in [0.29, 0.717) is 82.8 Å². The van der Waals surface area contributed by atoms with Gasteiger partial charge in [0.2, 0.25) is 23.7 Å². The van der Waals surface area contributed by atoms with Gasteiger partial charge in [-0.25, -0.2) is 23.7 Å². The minimum absolute atomic E-state index is 0.0254.